The topological polar surface area (TPSA) is 20.3 Å². The van der Waals surface area contributed by atoms with Crippen LogP contribution in [0, 0.1) is 17.7 Å². The molecule has 2 aliphatic rings. The minimum Gasteiger partial charge on any atom is -0.339 e. The van der Waals surface area contributed by atoms with Gasteiger partial charge in [0.2, 0.25) is 5.91 Å². The van der Waals surface area contributed by atoms with E-state index in [4.69, 9.17) is 11.6 Å². The summed E-state index contributed by atoms with van der Waals surface area (Å²) in [4.78, 5) is 14.8. The molecule has 2 nitrogen and oxygen atoms in total. The van der Waals surface area contributed by atoms with Gasteiger partial charge in [-0.1, -0.05) is 37.4 Å². The van der Waals surface area contributed by atoms with E-state index < -0.39 is 0 Å². The Morgan fingerprint density at radius 2 is 2.05 bits per heavy atom. The highest BCUT2D eigenvalue weighted by Crippen LogP contribution is 2.34. The first-order chi connectivity index (χ1) is 10.6. The molecule has 1 aromatic carbocycles. The molecular weight excluding hydrogens is 301 g/mol. The third kappa shape index (κ3) is 3.01. The summed E-state index contributed by atoms with van der Waals surface area (Å²) in [5.41, 5.74) is 0.487. The number of benzene rings is 1. The van der Waals surface area contributed by atoms with Crippen molar-refractivity contribution in [3.8, 4) is 0 Å². The summed E-state index contributed by atoms with van der Waals surface area (Å²) in [6.45, 7) is 3.06. The van der Waals surface area contributed by atoms with Gasteiger partial charge in [-0.15, -0.1) is 0 Å². The molecule has 0 spiro atoms. The molecule has 3 atom stereocenters. The molecule has 3 rings (SSSR count). The van der Waals surface area contributed by atoms with Crippen LogP contribution in [0.15, 0.2) is 18.2 Å². The van der Waals surface area contributed by atoms with Gasteiger partial charge < -0.3 is 4.90 Å². The Kier molecular flexibility index (Phi) is 4.72. The van der Waals surface area contributed by atoms with Crippen LogP contribution in [0.5, 0.6) is 0 Å². The molecule has 1 aliphatic heterocycles. The van der Waals surface area contributed by atoms with Crippen LogP contribution in [0.1, 0.15) is 44.6 Å². The van der Waals surface area contributed by atoms with E-state index in [0.717, 1.165) is 19.4 Å². The average molecular weight is 324 g/mol. The lowest BCUT2D eigenvalue weighted by atomic mass is 9.85. The fourth-order valence-corrected chi connectivity index (χ4v) is 4.26. The molecular formula is C18H23ClFNO. The van der Waals surface area contributed by atoms with E-state index in [0.29, 0.717) is 29.0 Å². The predicted molar refractivity (Wildman–Crippen MR) is 86.4 cm³/mol. The molecule has 0 bridgehead atoms. The predicted octanol–water partition coefficient (Wildman–Crippen LogP) is 4.45. The number of amides is 1. The van der Waals surface area contributed by atoms with E-state index in [1.807, 2.05) is 0 Å². The SMILES string of the molecule is C[C@H]1CCCC[C@H]1N1CCC(Cc2c(F)cccc2Cl)C1=O. The monoisotopic (exact) mass is 323 g/mol. The molecule has 1 aliphatic carbocycles. The minimum absolute atomic E-state index is 0.122. The molecule has 120 valence electrons. The van der Waals surface area contributed by atoms with Crippen molar-refractivity contribution in [3.63, 3.8) is 0 Å². The first-order valence-corrected chi connectivity index (χ1v) is 8.69. The van der Waals surface area contributed by atoms with Crippen molar-refractivity contribution in [2.45, 2.75) is 51.5 Å². The molecule has 4 heteroatoms. The maximum atomic E-state index is 13.9. The molecule has 1 saturated carbocycles. The van der Waals surface area contributed by atoms with Crippen molar-refractivity contribution in [1.29, 1.82) is 0 Å². The zero-order chi connectivity index (χ0) is 15.7. The van der Waals surface area contributed by atoms with Crippen LogP contribution in [0.25, 0.3) is 0 Å². The molecule has 0 radical (unpaired) electrons. The van der Waals surface area contributed by atoms with Gasteiger partial charge in [0, 0.05) is 29.1 Å². The van der Waals surface area contributed by atoms with E-state index in [9.17, 15) is 9.18 Å². The van der Waals surface area contributed by atoms with Crippen LogP contribution < -0.4 is 0 Å². The fourth-order valence-electron chi connectivity index (χ4n) is 4.02. The second kappa shape index (κ2) is 6.57. The second-order valence-electron chi connectivity index (χ2n) is 6.75. The summed E-state index contributed by atoms with van der Waals surface area (Å²) in [6, 6.07) is 5.10. The Bertz CT molecular complexity index is 542. The van der Waals surface area contributed by atoms with Gasteiger partial charge in [0.05, 0.1) is 0 Å². The standard InChI is InChI=1S/C18H23ClFNO/c1-12-5-2-3-8-17(12)21-10-9-13(18(21)22)11-14-15(19)6-4-7-16(14)20/h4,6-7,12-13,17H,2-3,5,8-11H2,1H3/t12-,13?,17+/m0/s1. The number of likely N-dealkylation sites (tertiary alicyclic amines) is 1. The van der Waals surface area contributed by atoms with Crippen molar-refractivity contribution < 1.29 is 9.18 Å². The summed E-state index contributed by atoms with van der Waals surface area (Å²) in [5, 5.41) is 0.428. The van der Waals surface area contributed by atoms with Gasteiger partial charge in [0.15, 0.2) is 0 Å². The maximum Gasteiger partial charge on any atom is 0.226 e. The minimum atomic E-state index is -0.301. The molecule has 1 amide bonds. The number of hydrogen-bond donors (Lipinski definition) is 0. The molecule has 2 fully saturated rings. The fraction of sp³-hybridized carbons (Fsp3) is 0.611. The third-order valence-corrected chi connectivity index (χ3v) is 5.68. The zero-order valence-corrected chi connectivity index (χ0v) is 13.8. The highest BCUT2D eigenvalue weighted by molar-refractivity contribution is 6.31. The molecule has 1 saturated heterocycles. The van der Waals surface area contributed by atoms with Crippen molar-refractivity contribution in [2.75, 3.05) is 6.54 Å². The van der Waals surface area contributed by atoms with Crippen LogP contribution in [0.2, 0.25) is 5.02 Å². The highest BCUT2D eigenvalue weighted by Gasteiger charge is 2.38. The van der Waals surface area contributed by atoms with Crippen molar-refractivity contribution >= 4 is 17.5 Å². The zero-order valence-electron chi connectivity index (χ0n) is 13.0. The average Bonchev–Trinajstić information content (AvgIpc) is 2.85. The van der Waals surface area contributed by atoms with E-state index in [1.165, 1.54) is 25.3 Å². The van der Waals surface area contributed by atoms with Gasteiger partial charge >= 0.3 is 0 Å². The molecule has 0 N–H and O–H groups in total. The largest absolute Gasteiger partial charge is 0.339 e. The van der Waals surface area contributed by atoms with Crippen LogP contribution in [0.4, 0.5) is 4.39 Å². The quantitative estimate of drug-likeness (QED) is 0.804. The summed E-state index contributed by atoms with van der Waals surface area (Å²) in [5.74, 6) is 0.347. The Hall–Kier alpha value is -1.09. The Morgan fingerprint density at radius 3 is 2.77 bits per heavy atom. The van der Waals surface area contributed by atoms with Gasteiger partial charge in [0.1, 0.15) is 5.82 Å². The van der Waals surface area contributed by atoms with Gasteiger partial charge in [-0.25, -0.2) is 4.39 Å². The first kappa shape index (κ1) is 15.8. The normalized spacial score (nSPS) is 29.1. The third-order valence-electron chi connectivity index (χ3n) is 5.33. The van der Waals surface area contributed by atoms with Crippen LogP contribution in [-0.2, 0) is 11.2 Å². The molecule has 1 heterocycles. The number of nitrogens with zero attached hydrogens (tertiary/aromatic N) is 1. The van der Waals surface area contributed by atoms with Crippen molar-refractivity contribution in [3.05, 3.63) is 34.6 Å². The lowest BCUT2D eigenvalue weighted by Gasteiger charge is -2.36. The van der Waals surface area contributed by atoms with E-state index >= 15 is 0 Å². The number of hydrogen-bond acceptors (Lipinski definition) is 1. The summed E-state index contributed by atoms with van der Waals surface area (Å²) in [6.07, 6.45) is 6.03. The maximum absolute atomic E-state index is 13.9. The molecule has 1 aromatic rings. The van der Waals surface area contributed by atoms with Gasteiger partial charge in [0.25, 0.3) is 0 Å². The lowest BCUT2D eigenvalue weighted by molar-refractivity contribution is -0.134. The summed E-state index contributed by atoms with van der Waals surface area (Å²) >= 11 is 6.10. The summed E-state index contributed by atoms with van der Waals surface area (Å²) < 4.78 is 13.9. The molecule has 22 heavy (non-hydrogen) atoms. The number of carbonyl (C=O) groups excluding carboxylic acids is 1. The van der Waals surface area contributed by atoms with Crippen molar-refractivity contribution in [2.24, 2.45) is 11.8 Å². The van der Waals surface area contributed by atoms with Crippen molar-refractivity contribution in [1.82, 2.24) is 4.90 Å². The van der Waals surface area contributed by atoms with E-state index in [2.05, 4.69) is 11.8 Å². The summed E-state index contributed by atoms with van der Waals surface area (Å²) in [7, 11) is 0. The number of carbonyl (C=O) groups is 1. The highest BCUT2D eigenvalue weighted by atomic mass is 35.5. The van der Waals surface area contributed by atoms with E-state index in [1.54, 1.807) is 12.1 Å². The Morgan fingerprint density at radius 1 is 1.27 bits per heavy atom. The van der Waals surface area contributed by atoms with Gasteiger partial charge in [-0.05, 0) is 43.7 Å². The van der Waals surface area contributed by atoms with E-state index in [-0.39, 0.29) is 17.6 Å². The van der Waals surface area contributed by atoms with Crippen LogP contribution in [0.3, 0.4) is 0 Å². The number of rotatable bonds is 3. The van der Waals surface area contributed by atoms with Crippen LogP contribution in [-0.4, -0.2) is 23.4 Å². The molecule has 1 unspecified atom stereocenters. The Balaban J connectivity index is 1.71. The van der Waals surface area contributed by atoms with Gasteiger partial charge in [-0.2, -0.15) is 0 Å². The number of halogens is 2. The smallest absolute Gasteiger partial charge is 0.226 e. The second-order valence-corrected chi connectivity index (χ2v) is 7.16. The first-order valence-electron chi connectivity index (χ1n) is 8.31. The van der Waals surface area contributed by atoms with Crippen LogP contribution >= 0.6 is 11.6 Å². The lowest BCUT2D eigenvalue weighted by Crippen LogP contribution is -2.43. The Labute approximate surface area is 136 Å². The molecule has 0 aromatic heterocycles. The van der Waals surface area contributed by atoms with Gasteiger partial charge in [-0.3, -0.25) is 4.79 Å².